The quantitative estimate of drug-likeness (QED) is 0.0914. The molecule has 0 aromatic heterocycles. The minimum Gasteiger partial charge on any atom is -0.466 e. The van der Waals surface area contributed by atoms with E-state index in [9.17, 15) is 4.79 Å². The smallest absolute Gasteiger partial charge is 0.305 e. The van der Waals surface area contributed by atoms with Crippen molar-refractivity contribution < 1.29 is 9.53 Å². The van der Waals surface area contributed by atoms with Crippen molar-refractivity contribution in [2.45, 2.75) is 86.9 Å². The van der Waals surface area contributed by atoms with Crippen molar-refractivity contribution in [3.63, 3.8) is 0 Å². The van der Waals surface area contributed by atoms with E-state index in [0.29, 0.717) is 42.1 Å². The van der Waals surface area contributed by atoms with E-state index in [1.54, 1.807) is 81.7 Å². The van der Waals surface area contributed by atoms with E-state index in [1.807, 2.05) is 38.6 Å². The first-order chi connectivity index (χ1) is 27.6. The summed E-state index contributed by atoms with van der Waals surface area (Å²) in [5, 5.41) is 15.6. The van der Waals surface area contributed by atoms with Gasteiger partial charge in [0.25, 0.3) is 0 Å². The highest BCUT2D eigenvalue weighted by atomic mass is 16.5. The highest BCUT2D eigenvalue weighted by Gasteiger charge is 2.82. The zero-order valence-electron chi connectivity index (χ0n) is 31.5. The zero-order chi connectivity index (χ0) is 35.4. The van der Waals surface area contributed by atoms with E-state index in [-0.39, 0.29) is 16.8 Å². The average molecular weight is 719 g/mol. The van der Waals surface area contributed by atoms with E-state index < -0.39 is 0 Å². The molecule has 4 fully saturated rings. The maximum absolute atomic E-state index is 13.2. The number of benzene rings is 4. The van der Waals surface area contributed by atoms with Crippen molar-refractivity contribution in [1.82, 2.24) is 0 Å². The number of carbonyl (C=O) groups is 1. The molecule has 0 saturated heterocycles. The Morgan fingerprint density at radius 1 is 0.911 bits per heavy atom. The molecule has 5 aromatic rings. The number of carbonyl (C=O) groups excluding carboxylic acids is 1. The zero-order valence-corrected chi connectivity index (χ0v) is 31.5. The van der Waals surface area contributed by atoms with Crippen LogP contribution >= 0.6 is 0 Å². The second kappa shape index (κ2) is 7.43. The van der Waals surface area contributed by atoms with Gasteiger partial charge in [-0.2, -0.15) is 0 Å². The highest BCUT2D eigenvalue weighted by Crippen LogP contribution is 2.89. The standard InChI is InChI=1S/C54H38O2/c1-2-3-12-56-29(55)10-7-11-53(24-8-5-4-6-9-24)51-26-17-25-34-27-19-52-28(27)16-22-14-20-13-21-15-23-18-54(51,53)50-33(23)38-31(21)37-30(20)32(22)48(52)46-41(37)40(38)43-42-39(36(26)45(43)50)35(25)44(34)49(52)47(42)46/h4-6,8-9,13,15,17-18,22,28,30-32,37-38,51H,2-3,7,10-12,14,16,19H2,1H3. The molecule has 2 nitrogen and oxygen atoms in total. The summed E-state index contributed by atoms with van der Waals surface area (Å²) in [6.07, 6.45) is 16.9. The summed E-state index contributed by atoms with van der Waals surface area (Å²) >= 11 is 0. The van der Waals surface area contributed by atoms with Gasteiger partial charge in [-0.25, -0.2) is 0 Å². The van der Waals surface area contributed by atoms with E-state index in [0.717, 1.165) is 49.4 Å². The molecule has 14 aliphatic rings. The second-order valence-electron chi connectivity index (χ2n) is 21.2. The summed E-state index contributed by atoms with van der Waals surface area (Å²) in [4.78, 5) is 13.2. The Morgan fingerprint density at radius 3 is 2.73 bits per heavy atom. The Hall–Kier alpha value is -4.69. The maximum atomic E-state index is 13.2. The number of fused-ring (bicyclic) bond motifs is 2. The molecule has 0 radical (unpaired) electrons. The lowest BCUT2D eigenvalue weighted by Gasteiger charge is -2.62. The maximum Gasteiger partial charge on any atom is 0.305 e. The lowest BCUT2D eigenvalue weighted by Crippen LogP contribution is -2.58. The molecule has 11 atom stereocenters. The third-order valence-corrected chi connectivity index (χ3v) is 20.3. The lowest BCUT2D eigenvalue weighted by atomic mass is 9.40. The van der Waals surface area contributed by atoms with Crippen LogP contribution in [0.5, 0.6) is 0 Å². The molecule has 11 unspecified atom stereocenters. The molecule has 19 rings (SSSR count). The van der Waals surface area contributed by atoms with Gasteiger partial charge in [-0.1, -0.05) is 73.1 Å². The van der Waals surface area contributed by atoms with Gasteiger partial charge in [-0.15, -0.1) is 0 Å². The van der Waals surface area contributed by atoms with E-state index in [2.05, 4.69) is 61.5 Å². The van der Waals surface area contributed by atoms with Gasteiger partial charge in [0, 0.05) is 40.4 Å². The minimum atomic E-state index is -0.0905. The van der Waals surface area contributed by atoms with Crippen molar-refractivity contribution >= 4 is 55.0 Å². The van der Waals surface area contributed by atoms with Gasteiger partial charge in [0.15, 0.2) is 0 Å². The fourth-order valence-electron chi connectivity index (χ4n) is 19.5. The Kier molecular flexibility index (Phi) is 3.59. The van der Waals surface area contributed by atoms with Crippen LogP contribution < -0.4 is 15.7 Å². The van der Waals surface area contributed by atoms with Crippen LogP contribution in [-0.2, 0) is 20.4 Å². The van der Waals surface area contributed by atoms with E-state index in [4.69, 9.17) is 4.74 Å². The number of rotatable bonds is 8. The van der Waals surface area contributed by atoms with Crippen molar-refractivity contribution in [1.29, 1.82) is 0 Å². The van der Waals surface area contributed by atoms with Crippen LogP contribution in [0.4, 0.5) is 0 Å². The van der Waals surface area contributed by atoms with Crippen molar-refractivity contribution in [2.75, 3.05) is 6.61 Å². The third-order valence-electron chi connectivity index (χ3n) is 20.3. The second-order valence-corrected chi connectivity index (χ2v) is 21.2. The van der Waals surface area contributed by atoms with Crippen LogP contribution in [0.2, 0.25) is 0 Å². The molecule has 0 aliphatic heterocycles. The Balaban J connectivity index is 1.00. The molecule has 0 heterocycles. The largest absolute Gasteiger partial charge is 0.466 e. The van der Waals surface area contributed by atoms with Gasteiger partial charge in [0.05, 0.1) is 6.61 Å². The molecule has 2 heteroatoms. The van der Waals surface area contributed by atoms with Gasteiger partial charge in [0.1, 0.15) is 0 Å². The molecule has 2 bridgehead atoms. The van der Waals surface area contributed by atoms with Gasteiger partial charge in [-0.05, 0) is 189 Å². The van der Waals surface area contributed by atoms with Crippen LogP contribution in [-0.4, -0.2) is 12.6 Å². The normalized spacial score (nSPS) is 40.5. The molecule has 56 heavy (non-hydrogen) atoms. The number of hydrogen-bond acceptors (Lipinski definition) is 2. The monoisotopic (exact) mass is 718 g/mol. The van der Waals surface area contributed by atoms with Gasteiger partial charge in [-0.3, -0.25) is 4.79 Å². The number of allylic oxidation sites excluding steroid dienone is 8. The Bertz CT molecular complexity index is 3460. The topological polar surface area (TPSA) is 26.3 Å². The first-order valence-corrected chi connectivity index (χ1v) is 22.5. The molecule has 5 aromatic carbocycles. The summed E-state index contributed by atoms with van der Waals surface area (Å²) in [6.45, 7) is 2.72. The molecule has 4 saturated carbocycles. The van der Waals surface area contributed by atoms with Crippen molar-refractivity contribution in [3.05, 3.63) is 132 Å². The van der Waals surface area contributed by atoms with Gasteiger partial charge in [0.2, 0.25) is 0 Å². The van der Waals surface area contributed by atoms with Crippen LogP contribution in [0.25, 0.3) is 49.0 Å². The predicted octanol–water partition coefficient (Wildman–Crippen LogP) is 8.55. The summed E-state index contributed by atoms with van der Waals surface area (Å²) in [6, 6.07) is 14.5. The fraction of sp³-hybridized carbons (Fsp3) is 0.389. The molecular formula is C54H38O2. The summed E-state index contributed by atoms with van der Waals surface area (Å²) in [5.74, 6) is 5.15. The molecule has 266 valence electrons. The molecule has 0 amide bonds. The lowest BCUT2D eigenvalue weighted by molar-refractivity contribution is -0.143. The molecular weight excluding hydrogens is 681 g/mol. The van der Waals surface area contributed by atoms with Crippen LogP contribution in [0, 0.1) is 35.0 Å². The summed E-state index contributed by atoms with van der Waals surface area (Å²) < 4.78 is 5.78. The van der Waals surface area contributed by atoms with E-state index >= 15 is 0 Å². The number of hydrogen-bond donors (Lipinski definition) is 0. The Morgan fingerprint density at radius 2 is 1.82 bits per heavy atom. The number of ether oxygens (including phenoxy) is 1. The highest BCUT2D eigenvalue weighted by molar-refractivity contribution is 6.37. The van der Waals surface area contributed by atoms with Crippen molar-refractivity contribution in [2.24, 2.45) is 35.0 Å². The molecule has 14 aliphatic carbocycles. The SMILES string of the molecule is CCCCOC(=O)CCCC1(c2ccccc2)C2c3cc4c5c6c7c8c9c%10c%11c%12c8c(c3C=%12C3=C8C(=CC321)C=C1C=C2CC3CC%12C=5CC7%12C=9C3C2C%10C1C8%11)c46. The molecule has 0 N–H and O–H groups in total. The van der Waals surface area contributed by atoms with Gasteiger partial charge < -0.3 is 4.74 Å². The minimum absolute atomic E-state index is 0.0135. The number of esters is 1. The van der Waals surface area contributed by atoms with Crippen LogP contribution in [0.15, 0.2) is 82.5 Å². The Labute approximate surface area is 323 Å². The predicted molar refractivity (Wildman–Crippen MR) is 217 cm³/mol. The molecule has 2 spiro atoms. The first kappa shape index (κ1) is 27.0. The average Bonchev–Trinajstić information content (AvgIpc) is 3.77. The summed E-state index contributed by atoms with van der Waals surface area (Å²) in [5.41, 5.74) is 24.6. The van der Waals surface area contributed by atoms with Crippen LogP contribution in [0.1, 0.15) is 109 Å². The fourth-order valence-corrected chi connectivity index (χ4v) is 19.5. The van der Waals surface area contributed by atoms with Gasteiger partial charge >= 0.3 is 5.97 Å². The number of unbranched alkanes of at least 4 members (excludes halogenated alkanes) is 1. The third kappa shape index (κ3) is 2.03. The van der Waals surface area contributed by atoms with Crippen LogP contribution in [0.3, 0.4) is 0 Å². The summed E-state index contributed by atoms with van der Waals surface area (Å²) in [7, 11) is 0. The van der Waals surface area contributed by atoms with Crippen molar-refractivity contribution in [3.8, 4) is 0 Å². The van der Waals surface area contributed by atoms with E-state index in [1.165, 1.54) is 24.8 Å². The first-order valence-electron chi connectivity index (χ1n) is 22.5.